The number of rotatable bonds is 3. The Labute approximate surface area is 102 Å². The van der Waals surface area contributed by atoms with Crippen LogP contribution in [0.1, 0.15) is 21.8 Å². The van der Waals surface area contributed by atoms with Crippen molar-refractivity contribution >= 4 is 28.3 Å². The molecule has 1 aromatic rings. The number of hydrogen-bond donors (Lipinski definition) is 2. The van der Waals surface area contributed by atoms with Crippen LogP contribution < -0.4 is 5.73 Å². The molecular weight excluding hydrogens is 242 g/mol. The Balaban J connectivity index is 1.95. The molecular formula is C10H13N3O3S. The molecule has 0 saturated carbocycles. The second-order valence-electron chi connectivity index (χ2n) is 4.14. The molecule has 0 spiro atoms. The molecule has 0 aromatic carbocycles. The number of hydrogen-bond acceptors (Lipinski definition) is 5. The van der Waals surface area contributed by atoms with Gasteiger partial charge in [-0.1, -0.05) is 11.3 Å². The molecule has 1 fully saturated rings. The van der Waals surface area contributed by atoms with Gasteiger partial charge in [0.05, 0.1) is 12.1 Å². The summed E-state index contributed by atoms with van der Waals surface area (Å²) in [6.45, 7) is 2.75. The summed E-state index contributed by atoms with van der Waals surface area (Å²) in [6.07, 6.45) is 0.119. The third-order valence-corrected chi connectivity index (χ3v) is 3.69. The fourth-order valence-corrected chi connectivity index (χ4v) is 2.67. The van der Waals surface area contributed by atoms with Crippen LogP contribution in [0, 0.1) is 12.8 Å². The van der Waals surface area contributed by atoms with Crippen molar-refractivity contribution in [3.63, 3.8) is 0 Å². The minimum atomic E-state index is -0.819. The fourth-order valence-electron chi connectivity index (χ4n) is 1.87. The molecule has 2 heterocycles. The Bertz CT molecular complexity index is 465. The number of nitrogens with two attached hydrogens (primary N) is 1. The average molecular weight is 255 g/mol. The van der Waals surface area contributed by atoms with E-state index in [1.54, 1.807) is 11.8 Å². The largest absolute Gasteiger partial charge is 0.481 e. The fraction of sp³-hybridized carbons (Fsp3) is 0.500. The van der Waals surface area contributed by atoms with Gasteiger partial charge in [-0.3, -0.25) is 9.59 Å². The van der Waals surface area contributed by atoms with E-state index in [0.29, 0.717) is 28.8 Å². The molecule has 1 aliphatic heterocycles. The zero-order chi connectivity index (χ0) is 12.6. The summed E-state index contributed by atoms with van der Waals surface area (Å²) >= 11 is 1.17. The number of nitrogens with zero attached hydrogens (tertiary/aromatic N) is 2. The number of aromatic nitrogens is 1. The maximum Gasteiger partial charge on any atom is 0.303 e. The lowest BCUT2D eigenvalue weighted by molar-refractivity contribution is -0.139. The second kappa shape index (κ2) is 4.33. The smallest absolute Gasteiger partial charge is 0.303 e. The summed E-state index contributed by atoms with van der Waals surface area (Å²) in [6, 6.07) is 0. The van der Waals surface area contributed by atoms with Crippen LogP contribution in [-0.2, 0) is 4.79 Å². The molecule has 0 radical (unpaired) electrons. The Morgan fingerprint density at radius 3 is 2.71 bits per heavy atom. The monoisotopic (exact) mass is 255 g/mol. The maximum absolute atomic E-state index is 12.0. The predicted molar refractivity (Wildman–Crippen MR) is 62.9 cm³/mol. The van der Waals surface area contributed by atoms with E-state index < -0.39 is 5.97 Å². The molecule has 1 saturated heterocycles. The molecule has 0 bridgehead atoms. The van der Waals surface area contributed by atoms with E-state index in [1.165, 1.54) is 11.3 Å². The first kappa shape index (κ1) is 11.8. The third kappa shape index (κ3) is 2.38. The summed E-state index contributed by atoms with van der Waals surface area (Å²) in [5.41, 5.74) is 6.17. The average Bonchev–Trinajstić information content (AvgIpc) is 2.49. The van der Waals surface area contributed by atoms with Gasteiger partial charge in [-0.2, -0.15) is 0 Å². The number of thiazole rings is 1. The second-order valence-corrected chi connectivity index (χ2v) is 5.17. The Morgan fingerprint density at radius 2 is 2.24 bits per heavy atom. The zero-order valence-corrected chi connectivity index (χ0v) is 10.2. The molecule has 0 aliphatic carbocycles. The summed E-state index contributed by atoms with van der Waals surface area (Å²) in [4.78, 5) is 28.6. The minimum absolute atomic E-state index is 0.0713. The van der Waals surface area contributed by atoms with Crippen molar-refractivity contribution in [2.75, 3.05) is 18.8 Å². The molecule has 92 valence electrons. The van der Waals surface area contributed by atoms with Gasteiger partial charge >= 0.3 is 5.97 Å². The van der Waals surface area contributed by atoms with Crippen LogP contribution in [0.4, 0.5) is 5.13 Å². The molecule has 2 rings (SSSR count). The molecule has 6 nitrogen and oxygen atoms in total. The van der Waals surface area contributed by atoms with Gasteiger partial charge in [0.2, 0.25) is 0 Å². The van der Waals surface area contributed by atoms with Crippen LogP contribution in [0.5, 0.6) is 0 Å². The highest BCUT2D eigenvalue weighted by atomic mass is 32.1. The van der Waals surface area contributed by atoms with Crippen LogP contribution in [0.15, 0.2) is 0 Å². The Hall–Kier alpha value is -1.63. The number of likely N-dealkylation sites (tertiary alicyclic amines) is 1. The molecule has 0 atom stereocenters. The third-order valence-electron chi connectivity index (χ3n) is 2.72. The van der Waals surface area contributed by atoms with E-state index in [-0.39, 0.29) is 18.2 Å². The summed E-state index contributed by atoms with van der Waals surface area (Å²) < 4.78 is 0. The lowest BCUT2D eigenvalue weighted by atomic mass is 9.96. The topological polar surface area (TPSA) is 96.5 Å². The highest BCUT2D eigenvalue weighted by molar-refractivity contribution is 7.17. The van der Waals surface area contributed by atoms with Gasteiger partial charge in [-0.25, -0.2) is 4.98 Å². The highest BCUT2D eigenvalue weighted by Gasteiger charge is 2.33. The van der Waals surface area contributed by atoms with Gasteiger partial charge in [0.25, 0.3) is 5.91 Å². The molecule has 17 heavy (non-hydrogen) atoms. The number of carboxylic acid groups (broad SMARTS) is 1. The number of anilines is 1. The van der Waals surface area contributed by atoms with Crippen LogP contribution in [0.3, 0.4) is 0 Å². The molecule has 1 amide bonds. The Morgan fingerprint density at radius 1 is 1.59 bits per heavy atom. The van der Waals surface area contributed by atoms with Gasteiger partial charge in [0.1, 0.15) is 4.88 Å². The van der Waals surface area contributed by atoms with Crippen molar-refractivity contribution in [3.05, 3.63) is 10.6 Å². The lowest BCUT2D eigenvalue weighted by Gasteiger charge is -2.38. The summed E-state index contributed by atoms with van der Waals surface area (Å²) in [5.74, 6) is -0.847. The first-order valence-electron chi connectivity index (χ1n) is 5.21. The van der Waals surface area contributed by atoms with E-state index in [9.17, 15) is 9.59 Å². The van der Waals surface area contributed by atoms with E-state index in [4.69, 9.17) is 10.8 Å². The van der Waals surface area contributed by atoms with Gasteiger partial charge in [-0.05, 0) is 6.92 Å². The number of nitrogen functional groups attached to an aromatic ring is 1. The molecule has 1 aromatic heterocycles. The van der Waals surface area contributed by atoms with E-state index in [0.717, 1.165) is 0 Å². The number of aliphatic carboxylic acids is 1. The quantitative estimate of drug-likeness (QED) is 0.823. The highest BCUT2D eigenvalue weighted by Crippen LogP contribution is 2.26. The van der Waals surface area contributed by atoms with E-state index in [1.807, 2.05) is 0 Å². The van der Waals surface area contributed by atoms with Gasteiger partial charge < -0.3 is 15.7 Å². The molecule has 0 unspecified atom stereocenters. The summed E-state index contributed by atoms with van der Waals surface area (Å²) in [7, 11) is 0. The summed E-state index contributed by atoms with van der Waals surface area (Å²) in [5, 5.41) is 8.99. The first-order chi connectivity index (χ1) is 7.97. The van der Waals surface area contributed by atoms with Crippen LogP contribution in [0.2, 0.25) is 0 Å². The normalized spacial score (nSPS) is 15.7. The van der Waals surface area contributed by atoms with Crippen molar-refractivity contribution in [3.8, 4) is 0 Å². The number of carbonyl (C=O) groups is 2. The minimum Gasteiger partial charge on any atom is -0.481 e. The van der Waals surface area contributed by atoms with Gasteiger partial charge in [0, 0.05) is 19.0 Å². The lowest BCUT2D eigenvalue weighted by Crippen LogP contribution is -2.50. The van der Waals surface area contributed by atoms with Crippen molar-refractivity contribution in [1.82, 2.24) is 9.88 Å². The predicted octanol–water partition coefficient (Wildman–Crippen LogP) is 0.580. The van der Waals surface area contributed by atoms with Crippen molar-refractivity contribution in [2.24, 2.45) is 5.92 Å². The Kier molecular flexibility index (Phi) is 3.01. The molecule has 7 heteroatoms. The molecule has 3 N–H and O–H groups in total. The van der Waals surface area contributed by atoms with E-state index >= 15 is 0 Å². The van der Waals surface area contributed by atoms with Crippen LogP contribution in [0.25, 0.3) is 0 Å². The van der Waals surface area contributed by atoms with Gasteiger partial charge in [-0.15, -0.1) is 0 Å². The van der Waals surface area contributed by atoms with Crippen LogP contribution in [-0.4, -0.2) is 40.0 Å². The van der Waals surface area contributed by atoms with E-state index in [2.05, 4.69) is 4.98 Å². The van der Waals surface area contributed by atoms with Crippen LogP contribution >= 0.6 is 11.3 Å². The van der Waals surface area contributed by atoms with Gasteiger partial charge in [0.15, 0.2) is 5.13 Å². The number of amides is 1. The number of carbonyl (C=O) groups excluding carboxylic acids is 1. The number of aryl methyl sites for hydroxylation is 1. The van der Waals surface area contributed by atoms with Crippen molar-refractivity contribution in [1.29, 1.82) is 0 Å². The zero-order valence-electron chi connectivity index (χ0n) is 9.34. The standard InChI is InChI=1S/C10H13N3O3S/c1-5-8(17-10(11)12-5)9(16)13-3-6(4-13)2-7(14)15/h6H,2-4H2,1H3,(H2,11,12)(H,14,15). The molecule has 1 aliphatic rings. The number of carboxylic acids is 1. The SMILES string of the molecule is Cc1nc(N)sc1C(=O)N1CC(CC(=O)O)C1. The maximum atomic E-state index is 12.0. The van der Waals surface area contributed by atoms with Crippen molar-refractivity contribution in [2.45, 2.75) is 13.3 Å². The first-order valence-corrected chi connectivity index (χ1v) is 6.03. The van der Waals surface area contributed by atoms with Crippen molar-refractivity contribution < 1.29 is 14.7 Å².